The van der Waals surface area contributed by atoms with Crippen molar-refractivity contribution >= 4 is 37.6 Å². The lowest BCUT2D eigenvalue weighted by Gasteiger charge is -2.25. The minimum atomic E-state index is -4.00. The van der Waals surface area contributed by atoms with E-state index >= 15 is 0 Å². The van der Waals surface area contributed by atoms with Crippen molar-refractivity contribution < 1.29 is 22.7 Å². The van der Waals surface area contributed by atoms with Gasteiger partial charge in [-0.2, -0.15) is 0 Å². The number of aryl methyl sites for hydroxylation is 1. The molecular formula is C18H20BrNO5S. The van der Waals surface area contributed by atoms with Crippen LogP contribution in [0.1, 0.15) is 12.5 Å². The summed E-state index contributed by atoms with van der Waals surface area (Å²) in [6, 6.07) is 11.3. The van der Waals surface area contributed by atoms with Gasteiger partial charge < -0.3 is 9.47 Å². The fourth-order valence-corrected chi connectivity index (χ4v) is 4.03. The van der Waals surface area contributed by atoms with Crippen LogP contribution in [-0.4, -0.2) is 34.6 Å². The zero-order chi connectivity index (χ0) is 19.3. The minimum absolute atomic E-state index is 0.0635. The molecule has 0 fully saturated rings. The van der Waals surface area contributed by atoms with Gasteiger partial charge in [-0.3, -0.25) is 9.10 Å². The largest absolute Gasteiger partial charge is 0.495 e. The Kier molecular flexibility index (Phi) is 6.66. The van der Waals surface area contributed by atoms with Crippen molar-refractivity contribution in [3.8, 4) is 5.75 Å². The first kappa shape index (κ1) is 20.3. The summed E-state index contributed by atoms with van der Waals surface area (Å²) in [5.74, 6) is -0.294. The van der Waals surface area contributed by atoms with Gasteiger partial charge in [-0.05, 0) is 55.8 Å². The molecule has 0 saturated heterocycles. The number of sulfonamides is 1. The molecule has 0 amide bonds. The van der Waals surface area contributed by atoms with Gasteiger partial charge in [0.15, 0.2) is 0 Å². The van der Waals surface area contributed by atoms with E-state index in [-0.39, 0.29) is 17.2 Å². The summed E-state index contributed by atoms with van der Waals surface area (Å²) >= 11 is 3.28. The summed E-state index contributed by atoms with van der Waals surface area (Å²) < 4.78 is 38.4. The van der Waals surface area contributed by atoms with Crippen molar-refractivity contribution in [2.75, 3.05) is 24.6 Å². The lowest BCUT2D eigenvalue weighted by atomic mass is 10.2. The number of hydrogen-bond donors (Lipinski definition) is 0. The summed E-state index contributed by atoms with van der Waals surface area (Å²) in [5.41, 5.74) is 1.11. The molecule has 0 atom stereocenters. The molecule has 140 valence electrons. The molecule has 0 aliphatic rings. The Hall–Kier alpha value is -2.06. The van der Waals surface area contributed by atoms with Gasteiger partial charge in [0.25, 0.3) is 10.0 Å². The molecule has 0 radical (unpaired) electrons. The second-order valence-corrected chi connectivity index (χ2v) is 8.22. The number of anilines is 1. The van der Waals surface area contributed by atoms with E-state index in [1.54, 1.807) is 37.3 Å². The van der Waals surface area contributed by atoms with E-state index in [2.05, 4.69) is 15.9 Å². The summed E-state index contributed by atoms with van der Waals surface area (Å²) in [4.78, 5) is 12.1. The molecular weight excluding hydrogens is 422 g/mol. The second kappa shape index (κ2) is 8.55. The second-order valence-electron chi connectivity index (χ2n) is 5.45. The molecule has 0 unspecified atom stereocenters. The Morgan fingerprint density at radius 1 is 1.15 bits per heavy atom. The molecule has 0 spiro atoms. The first-order valence-corrected chi connectivity index (χ1v) is 10.1. The molecule has 0 aliphatic carbocycles. The number of methoxy groups -OCH3 is 1. The van der Waals surface area contributed by atoms with Crippen LogP contribution < -0.4 is 9.04 Å². The highest BCUT2D eigenvalue weighted by atomic mass is 79.9. The highest BCUT2D eigenvalue weighted by molar-refractivity contribution is 9.10. The number of carbonyl (C=O) groups is 1. The van der Waals surface area contributed by atoms with Gasteiger partial charge in [0.1, 0.15) is 12.3 Å². The number of benzene rings is 2. The van der Waals surface area contributed by atoms with Crippen LogP contribution in [0.25, 0.3) is 0 Å². The van der Waals surface area contributed by atoms with E-state index in [9.17, 15) is 13.2 Å². The van der Waals surface area contributed by atoms with Crippen LogP contribution in [0, 0.1) is 6.92 Å². The van der Waals surface area contributed by atoms with Crippen molar-refractivity contribution in [2.45, 2.75) is 18.7 Å². The predicted molar refractivity (Wildman–Crippen MR) is 103 cm³/mol. The van der Waals surface area contributed by atoms with Gasteiger partial charge in [0.05, 0.1) is 24.3 Å². The van der Waals surface area contributed by atoms with E-state index in [0.717, 1.165) is 14.3 Å². The molecule has 0 saturated carbocycles. The molecule has 0 heterocycles. The van der Waals surface area contributed by atoms with E-state index in [1.807, 2.05) is 6.92 Å². The first-order chi connectivity index (χ1) is 12.3. The van der Waals surface area contributed by atoms with Crippen molar-refractivity contribution in [3.05, 3.63) is 52.5 Å². The number of carbonyl (C=O) groups excluding carboxylic acids is 1. The van der Waals surface area contributed by atoms with Crippen molar-refractivity contribution in [2.24, 2.45) is 0 Å². The van der Waals surface area contributed by atoms with Crippen molar-refractivity contribution in [1.29, 1.82) is 0 Å². The number of hydrogen-bond acceptors (Lipinski definition) is 5. The van der Waals surface area contributed by atoms with Crippen LogP contribution in [-0.2, 0) is 19.6 Å². The molecule has 0 aromatic heterocycles. The molecule has 0 aliphatic heterocycles. The van der Waals surface area contributed by atoms with Crippen LogP contribution in [0.4, 0.5) is 5.69 Å². The van der Waals surface area contributed by atoms with Crippen molar-refractivity contribution in [1.82, 2.24) is 0 Å². The molecule has 26 heavy (non-hydrogen) atoms. The highest BCUT2D eigenvalue weighted by Crippen LogP contribution is 2.33. The molecule has 0 bridgehead atoms. The van der Waals surface area contributed by atoms with E-state index in [4.69, 9.17) is 9.47 Å². The average molecular weight is 442 g/mol. The smallest absolute Gasteiger partial charge is 0.326 e. The molecule has 2 rings (SSSR count). The van der Waals surface area contributed by atoms with E-state index < -0.39 is 22.5 Å². The van der Waals surface area contributed by atoms with Crippen LogP contribution in [0.5, 0.6) is 5.75 Å². The third kappa shape index (κ3) is 4.56. The standard InChI is InChI=1S/C18H20BrNO5S/c1-4-25-18(21)12-20(16-11-13(2)5-10-17(16)24-3)26(22,23)15-8-6-14(19)7-9-15/h5-11H,4,12H2,1-3H3. The normalized spacial score (nSPS) is 11.1. The zero-order valence-corrected chi connectivity index (χ0v) is 17.1. The van der Waals surface area contributed by atoms with Crippen LogP contribution in [0.2, 0.25) is 0 Å². The maximum atomic E-state index is 13.2. The van der Waals surface area contributed by atoms with Gasteiger partial charge in [-0.25, -0.2) is 8.42 Å². The lowest BCUT2D eigenvalue weighted by Crippen LogP contribution is -2.37. The number of halogens is 1. The van der Waals surface area contributed by atoms with Crippen LogP contribution in [0.15, 0.2) is 51.8 Å². The van der Waals surface area contributed by atoms with Gasteiger partial charge in [-0.1, -0.05) is 22.0 Å². The Morgan fingerprint density at radius 3 is 2.38 bits per heavy atom. The average Bonchev–Trinajstić information content (AvgIpc) is 2.60. The summed E-state index contributed by atoms with van der Waals surface area (Å²) in [6.45, 7) is 3.21. The fraction of sp³-hybridized carbons (Fsp3) is 0.278. The quantitative estimate of drug-likeness (QED) is 0.614. The minimum Gasteiger partial charge on any atom is -0.495 e. The fourth-order valence-electron chi connectivity index (χ4n) is 2.35. The zero-order valence-electron chi connectivity index (χ0n) is 14.7. The van der Waals surface area contributed by atoms with Gasteiger partial charge in [-0.15, -0.1) is 0 Å². The Labute approximate surface area is 161 Å². The molecule has 8 heteroatoms. The van der Waals surface area contributed by atoms with E-state index in [1.165, 1.54) is 19.2 Å². The lowest BCUT2D eigenvalue weighted by molar-refractivity contribution is -0.141. The number of rotatable bonds is 7. The topological polar surface area (TPSA) is 72.9 Å². The molecule has 0 N–H and O–H groups in total. The summed E-state index contributed by atoms with van der Waals surface area (Å²) in [7, 11) is -2.55. The van der Waals surface area contributed by atoms with Gasteiger partial charge in [0, 0.05) is 4.47 Å². The van der Waals surface area contributed by atoms with Crippen LogP contribution in [0.3, 0.4) is 0 Å². The maximum absolute atomic E-state index is 13.2. The summed E-state index contributed by atoms with van der Waals surface area (Å²) in [5, 5.41) is 0. The predicted octanol–water partition coefficient (Wildman–Crippen LogP) is 3.52. The monoisotopic (exact) mass is 441 g/mol. The SMILES string of the molecule is CCOC(=O)CN(c1cc(C)ccc1OC)S(=O)(=O)c1ccc(Br)cc1. The highest BCUT2D eigenvalue weighted by Gasteiger charge is 2.30. The molecule has 2 aromatic carbocycles. The van der Waals surface area contributed by atoms with Gasteiger partial charge >= 0.3 is 5.97 Å². The van der Waals surface area contributed by atoms with E-state index in [0.29, 0.717) is 5.75 Å². The Balaban J connectivity index is 2.59. The number of nitrogens with zero attached hydrogens (tertiary/aromatic N) is 1. The molecule has 6 nitrogen and oxygen atoms in total. The van der Waals surface area contributed by atoms with Crippen molar-refractivity contribution in [3.63, 3.8) is 0 Å². The third-order valence-electron chi connectivity index (χ3n) is 3.58. The molecule has 2 aromatic rings. The Morgan fingerprint density at radius 2 is 1.81 bits per heavy atom. The third-order valence-corrected chi connectivity index (χ3v) is 5.89. The number of esters is 1. The van der Waals surface area contributed by atoms with Crippen LogP contribution >= 0.6 is 15.9 Å². The first-order valence-electron chi connectivity index (χ1n) is 7.88. The Bertz CT molecular complexity index is 881. The number of ether oxygens (including phenoxy) is 2. The summed E-state index contributed by atoms with van der Waals surface area (Å²) in [6.07, 6.45) is 0. The maximum Gasteiger partial charge on any atom is 0.326 e. The van der Waals surface area contributed by atoms with Gasteiger partial charge in [0.2, 0.25) is 0 Å².